The van der Waals surface area contributed by atoms with Gasteiger partial charge >= 0.3 is 5.97 Å². The van der Waals surface area contributed by atoms with Crippen LogP contribution in [0.15, 0.2) is 36.4 Å². The summed E-state index contributed by atoms with van der Waals surface area (Å²) in [6, 6.07) is 11.2. The zero-order valence-electron chi connectivity index (χ0n) is 20.0. The molecule has 3 aromatic rings. The molecule has 1 aromatic carbocycles. The van der Waals surface area contributed by atoms with Crippen LogP contribution in [0.1, 0.15) is 49.6 Å². The molecule has 1 fully saturated rings. The third-order valence-electron chi connectivity index (χ3n) is 6.64. The van der Waals surface area contributed by atoms with Crippen LogP contribution in [0.3, 0.4) is 0 Å². The van der Waals surface area contributed by atoms with Crippen LogP contribution in [-0.2, 0) is 19.5 Å². The van der Waals surface area contributed by atoms with Gasteiger partial charge in [0.1, 0.15) is 10.8 Å². The van der Waals surface area contributed by atoms with Gasteiger partial charge in [0.25, 0.3) is 5.91 Å². The summed E-state index contributed by atoms with van der Waals surface area (Å²) in [5, 5.41) is 18.9. The van der Waals surface area contributed by atoms with Gasteiger partial charge in [0.2, 0.25) is 0 Å². The number of hydrogen-bond acceptors (Lipinski definition) is 7. The third kappa shape index (κ3) is 5.77. The van der Waals surface area contributed by atoms with Crippen molar-refractivity contribution in [3.8, 4) is 0 Å². The predicted molar refractivity (Wildman–Crippen MR) is 142 cm³/mol. The number of carboxylic acids is 1. The van der Waals surface area contributed by atoms with Crippen molar-refractivity contribution in [2.75, 3.05) is 30.3 Å². The molecule has 2 aliphatic rings. The van der Waals surface area contributed by atoms with Gasteiger partial charge in [-0.15, -0.1) is 11.3 Å². The normalized spacial score (nSPS) is 17.7. The largest absolute Gasteiger partial charge is 0.478 e. The van der Waals surface area contributed by atoms with Gasteiger partial charge in [-0.05, 0) is 49.5 Å². The maximum atomic E-state index is 14.4. The highest BCUT2D eigenvalue weighted by Gasteiger charge is 2.28. The number of nitrogens with one attached hydrogen (secondary N) is 3. The number of carbonyl (C=O) groups is 2. The number of rotatable bonds is 7. The minimum absolute atomic E-state index is 0.0206. The van der Waals surface area contributed by atoms with E-state index in [1.54, 1.807) is 0 Å². The van der Waals surface area contributed by atoms with E-state index in [0.29, 0.717) is 19.5 Å². The Labute approximate surface area is 222 Å². The molecule has 1 saturated heterocycles. The van der Waals surface area contributed by atoms with Crippen molar-refractivity contribution in [1.82, 2.24) is 15.2 Å². The number of hydrogen-bond donors (Lipinski definition) is 4. The Hall–Kier alpha value is -3.05. The van der Waals surface area contributed by atoms with Crippen molar-refractivity contribution in [1.29, 1.82) is 0 Å². The molecule has 0 saturated carbocycles. The average Bonchev–Trinajstić information content (AvgIpc) is 3.25. The standard InChI is InChI=1S/C26H27ClFN5O3S/c27-22-19(28)11-18(24(34)32-25-21(26(35)36)17-8-9-29-12-20(17)37-25)23(31-22)30-16-7-4-10-33(14-16)13-15-5-2-1-3-6-15/h1-3,5-6,11,16,29H,4,7-10,12-14H2,(H,30,31)(H,32,34)(H,35,36). The zero-order valence-corrected chi connectivity index (χ0v) is 21.6. The highest BCUT2D eigenvalue weighted by atomic mass is 35.5. The SMILES string of the molecule is O=C(Nc1sc2c(c1C(=O)O)CCNC2)c1cc(F)c(Cl)nc1NC1CCCN(Cc2ccccc2)C1. The molecule has 194 valence electrons. The molecule has 4 heterocycles. The number of carboxylic acid groups (broad SMARTS) is 1. The number of amides is 1. The molecule has 0 spiro atoms. The molecule has 11 heteroatoms. The summed E-state index contributed by atoms with van der Waals surface area (Å²) in [5.41, 5.74) is 2.01. The van der Waals surface area contributed by atoms with Crippen LogP contribution >= 0.6 is 22.9 Å². The number of pyridine rings is 1. The Bertz CT molecular complexity index is 1320. The van der Waals surface area contributed by atoms with Gasteiger partial charge in [-0.25, -0.2) is 14.2 Å². The lowest BCUT2D eigenvalue weighted by atomic mass is 10.0. The zero-order chi connectivity index (χ0) is 25.9. The molecule has 0 radical (unpaired) electrons. The van der Waals surface area contributed by atoms with Crippen molar-refractivity contribution in [2.45, 2.75) is 38.4 Å². The molecule has 37 heavy (non-hydrogen) atoms. The number of piperidine rings is 1. The predicted octanol–water partition coefficient (Wildman–Crippen LogP) is 4.61. The second-order valence-electron chi connectivity index (χ2n) is 9.26. The van der Waals surface area contributed by atoms with E-state index in [-0.39, 0.29) is 33.1 Å². The number of anilines is 2. The quantitative estimate of drug-likeness (QED) is 0.322. The van der Waals surface area contributed by atoms with E-state index in [0.717, 1.165) is 49.0 Å². The van der Waals surface area contributed by atoms with E-state index in [1.807, 2.05) is 18.2 Å². The van der Waals surface area contributed by atoms with E-state index in [1.165, 1.54) is 16.9 Å². The summed E-state index contributed by atoms with van der Waals surface area (Å²) in [7, 11) is 0. The molecule has 0 aliphatic carbocycles. The van der Waals surface area contributed by atoms with Crippen LogP contribution in [0.25, 0.3) is 0 Å². The number of halogens is 2. The molecule has 4 N–H and O–H groups in total. The van der Waals surface area contributed by atoms with Crippen LogP contribution in [-0.4, -0.2) is 52.5 Å². The lowest BCUT2D eigenvalue weighted by Crippen LogP contribution is -2.42. The van der Waals surface area contributed by atoms with Crippen LogP contribution in [0.2, 0.25) is 5.15 Å². The van der Waals surface area contributed by atoms with Crippen molar-refractivity contribution in [3.05, 3.63) is 74.5 Å². The molecule has 0 bridgehead atoms. The summed E-state index contributed by atoms with van der Waals surface area (Å²) in [6.45, 7) is 3.69. The monoisotopic (exact) mass is 543 g/mol. The van der Waals surface area contributed by atoms with Gasteiger partial charge in [-0.3, -0.25) is 9.69 Å². The van der Waals surface area contributed by atoms with Gasteiger partial charge in [0.05, 0.1) is 11.1 Å². The Morgan fingerprint density at radius 1 is 1.30 bits per heavy atom. The molecule has 1 unspecified atom stereocenters. The maximum Gasteiger partial charge on any atom is 0.339 e. The number of nitrogens with zero attached hydrogens (tertiary/aromatic N) is 2. The Morgan fingerprint density at radius 3 is 2.89 bits per heavy atom. The molecule has 1 amide bonds. The lowest BCUT2D eigenvalue weighted by molar-refractivity contribution is 0.0697. The molecular formula is C26H27ClFN5O3S. The highest BCUT2D eigenvalue weighted by molar-refractivity contribution is 7.17. The number of aromatic carboxylic acids is 1. The molecule has 5 rings (SSSR count). The van der Waals surface area contributed by atoms with Crippen LogP contribution < -0.4 is 16.0 Å². The second-order valence-corrected chi connectivity index (χ2v) is 10.7. The fraction of sp³-hybridized carbons (Fsp3) is 0.346. The van der Waals surface area contributed by atoms with Gasteiger partial charge in [-0.2, -0.15) is 0 Å². The molecule has 2 aliphatic heterocycles. The fourth-order valence-electron chi connectivity index (χ4n) is 4.92. The van der Waals surface area contributed by atoms with Crippen LogP contribution in [0.4, 0.5) is 15.2 Å². The van der Waals surface area contributed by atoms with Crippen molar-refractivity contribution >= 4 is 45.6 Å². The summed E-state index contributed by atoms with van der Waals surface area (Å²) >= 11 is 7.21. The molecule has 8 nitrogen and oxygen atoms in total. The van der Waals surface area contributed by atoms with Gasteiger partial charge in [0.15, 0.2) is 11.0 Å². The first-order valence-corrected chi connectivity index (χ1v) is 13.4. The highest BCUT2D eigenvalue weighted by Crippen LogP contribution is 2.36. The third-order valence-corrected chi connectivity index (χ3v) is 8.05. The first kappa shape index (κ1) is 25.6. The van der Waals surface area contributed by atoms with E-state index < -0.39 is 17.7 Å². The number of likely N-dealkylation sites (tertiary alicyclic amines) is 1. The van der Waals surface area contributed by atoms with Gasteiger partial charge < -0.3 is 21.1 Å². The van der Waals surface area contributed by atoms with Gasteiger partial charge in [0, 0.05) is 30.6 Å². The molecule has 2 aromatic heterocycles. The summed E-state index contributed by atoms with van der Waals surface area (Å²) in [4.78, 5) is 32.6. The van der Waals surface area contributed by atoms with E-state index in [2.05, 4.69) is 38.0 Å². The number of aromatic nitrogens is 1. The summed E-state index contributed by atoms with van der Waals surface area (Å²) in [5.74, 6) is -2.39. The first-order chi connectivity index (χ1) is 17.9. The number of benzene rings is 1. The van der Waals surface area contributed by atoms with Gasteiger partial charge in [-0.1, -0.05) is 41.9 Å². The minimum atomic E-state index is -1.10. The van der Waals surface area contributed by atoms with Crippen molar-refractivity contribution in [2.24, 2.45) is 0 Å². The van der Waals surface area contributed by atoms with Crippen LogP contribution in [0.5, 0.6) is 0 Å². The molecular weight excluding hydrogens is 517 g/mol. The lowest BCUT2D eigenvalue weighted by Gasteiger charge is -2.33. The van der Waals surface area contributed by atoms with Crippen molar-refractivity contribution in [3.63, 3.8) is 0 Å². The molecule has 1 atom stereocenters. The van der Waals surface area contributed by atoms with E-state index in [4.69, 9.17) is 11.6 Å². The number of carbonyl (C=O) groups excluding carboxylic acids is 1. The first-order valence-electron chi connectivity index (χ1n) is 12.2. The number of fused-ring (bicyclic) bond motifs is 1. The summed E-state index contributed by atoms with van der Waals surface area (Å²) in [6.07, 6.45) is 2.38. The fourth-order valence-corrected chi connectivity index (χ4v) is 6.26. The topological polar surface area (TPSA) is 107 Å². The second kappa shape index (κ2) is 11.1. The Balaban J connectivity index is 1.36. The van der Waals surface area contributed by atoms with E-state index in [9.17, 15) is 19.1 Å². The average molecular weight is 544 g/mol. The van der Waals surface area contributed by atoms with Crippen LogP contribution in [0, 0.1) is 5.82 Å². The van der Waals surface area contributed by atoms with Crippen molar-refractivity contribution < 1.29 is 19.1 Å². The maximum absolute atomic E-state index is 14.4. The Morgan fingerprint density at radius 2 is 2.11 bits per heavy atom. The van der Waals surface area contributed by atoms with E-state index >= 15 is 0 Å². The summed E-state index contributed by atoms with van der Waals surface area (Å²) < 4.78 is 14.4. The minimum Gasteiger partial charge on any atom is -0.478 e. The Kier molecular flexibility index (Phi) is 7.71. The smallest absolute Gasteiger partial charge is 0.339 e. The number of thiophene rings is 1.